The fourth-order valence-electron chi connectivity index (χ4n) is 3.77. The summed E-state index contributed by atoms with van der Waals surface area (Å²) in [6.45, 7) is 7.90. The number of benzene rings is 2. The van der Waals surface area contributed by atoms with Gasteiger partial charge in [0.15, 0.2) is 0 Å². The highest BCUT2D eigenvalue weighted by Crippen LogP contribution is 2.41. The van der Waals surface area contributed by atoms with Crippen LogP contribution in [0.1, 0.15) is 36.1 Å². The molecule has 2 aliphatic heterocycles. The molecule has 0 bridgehead atoms. The van der Waals surface area contributed by atoms with Crippen molar-refractivity contribution in [1.82, 2.24) is 4.90 Å². The molecule has 4 rings (SSSR count). The standard InChI is InChI=1S/C22H23FN2O2/c1-3-25(4-2)10-9-14-5-7-17-15(11-14)13-27-21(17)20-18-12-16(23)6-8-19(18)24-22(20)26/h5-8,11-12H,3-4,9-10,13H2,1-2H3,(H,24,26)/b21-20+. The number of carbonyl (C=O) groups excluding carboxylic acids is 1. The zero-order valence-electron chi connectivity index (χ0n) is 15.6. The van der Waals surface area contributed by atoms with Gasteiger partial charge in [-0.05, 0) is 43.3 Å². The second-order valence-electron chi connectivity index (χ2n) is 6.91. The minimum absolute atomic E-state index is 0.246. The van der Waals surface area contributed by atoms with E-state index in [2.05, 4.69) is 36.2 Å². The van der Waals surface area contributed by atoms with Crippen LogP contribution in [0.4, 0.5) is 10.1 Å². The van der Waals surface area contributed by atoms with Crippen molar-refractivity contribution in [3.63, 3.8) is 0 Å². The summed E-state index contributed by atoms with van der Waals surface area (Å²) in [5.41, 5.74) is 4.86. The van der Waals surface area contributed by atoms with E-state index in [0.29, 0.717) is 29.2 Å². The predicted molar refractivity (Wildman–Crippen MR) is 105 cm³/mol. The number of amides is 1. The molecule has 2 aromatic carbocycles. The third-order valence-electron chi connectivity index (χ3n) is 5.35. The van der Waals surface area contributed by atoms with Gasteiger partial charge >= 0.3 is 0 Å². The number of ether oxygens (including phenoxy) is 1. The Balaban J connectivity index is 1.66. The van der Waals surface area contributed by atoms with Crippen molar-refractivity contribution < 1.29 is 13.9 Å². The number of anilines is 1. The summed E-state index contributed by atoms with van der Waals surface area (Å²) in [6, 6.07) is 10.6. The molecular weight excluding hydrogens is 343 g/mol. The van der Waals surface area contributed by atoms with E-state index in [-0.39, 0.29) is 11.7 Å². The third kappa shape index (κ3) is 3.23. The Labute approximate surface area is 158 Å². The van der Waals surface area contributed by atoms with Gasteiger partial charge in [-0.1, -0.05) is 32.0 Å². The number of likely N-dealkylation sites (N-methyl/N-ethyl adjacent to an activating group) is 1. The van der Waals surface area contributed by atoms with E-state index in [1.807, 2.05) is 6.07 Å². The van der Waals surface area contributed by atoms with Crippen molar-refractivity contribution in [1.29, 1.82) is 0 Å². The molecule has 0 atom stereocenters. The van der Waals surface area contributed by atoms with Crippen LogP contribution in [0, 0.1) is 5.82 Å². The molecular formula is C22H23FN2O2. The molecule has 27 heavy (non-hydrogen) atoms. The first kappa shape index (κ1) is 17.7. The van der Waals surface area contributed by atoms with Crippen molar-refractivity contribution in [2.75, 3.05) is 25.0 Å². The second kappa shape index (κ2) is 7.16. The summed E-state index contributed by atoms with van der Waals surface area (Å²) < 4.78 is 19.6. The highest BCUT2D eigenvalue weighted by Gasteiger charge is 2.32. The highest BCUT2D eigenvalue weighted by molar-refractivity contribution is 6.36. The van der Waals surface area contributed by atoms with E-state index in [4.69, 9.17) is 4.74 Å². The summed E-state index contributed by atoms with van der Waals surface area (Å²) in [5, 5.41) is 2.79. The van der Waals surface area contributed by atoms with Crippen LogP contribution in [0.5, 0.6) is 0 Å². The largest absolute Gasteiger partial charge is 0.487 e. The van der Waals surface area contributed by atoms with Crippen LogP contribution in [-0.4, -0.2) is 30.4 Å². The number of carbonyl (C=O) groups is 1. The molecule has 140 valence electrons. The lowest BCUT2D eigenvalue weighted by atomic mass is 9.98. The maximum absolute atomic E-state index is 13.7. The quantitative estimate of drug-likeness (QED) is 0.812. The molecule has 0 aromatic heterocycles. The first-order chi connectivity index (χ1) is 13.1. The van der Waals surface area contributed by atoms with Gasteiger partial charge in [0, 0.05) is 28.9 Å². The Morgan fingerprint density at radius 3 is 2.70 bits per heavy atom. The van der Waals surface area contributed by atoms with Crippen LogP contribution >= 0.6 is 0 Å². The first-order valence-corrected chi connectivity index (χ1v) is 9.43. The van der Waals surface area contributed by atoms with Gasteiger partial charge in [0.25, 0.3) is 5.91 Å². The van der Waals surface area contributed by atoms with E-state index >= 15 is 0 Å². The average molecular weight is 366 g/mol. The van der Waals surface area contributed by atoms with E-state index < -0.39 is 0 Å². The van der Waals surface area contributed by atoms with Crippen LogP contribution < -0.4 is 5.32 Å². The molecule has 2 heterocycles. The number of nitrogens with one attached hydrogen (secondary N) is 1. The second-order valence-corrected chi connectivity index (χ2v) is 6.91. The minimum Gasteiger partial charge on any atom is -0.487 e. The van der Waals surface area contributed by atoms with Gasteiger partial charge < -0.3 is 15.0 Å². The van der Waals surface area contributed by atoms with Crippen LogP contribution in [0.15, 0.2) is 36.4 Å². The van der Waals surface area contributed by atoms with Gasteiger partial charge in [-0.2, -0.15) is 0 Å². The van der Waals surface area contributed by atoms with Crippen molar-refractivity contribution in [2.24, 2.45) is 0 Å². The number of fused-ring (bicyclic) bond motifs is 2. The van der Waals surface area contributed by atoms with E-state index in [0.717, 1.165) is 37.2 Å². The number of hydrogen-bond donors (Lipinski definition) is 1. The molecule has 4 nitrogen and oxygen atoms in total. The Morgan fingerprint density at radius 2 is 1.93 bits per heavy atom. The SMILES string of the molecule is CCN(CC)CCc1ccc2c(c1)CO/C2=C1/C(=O)Nc2ccc(F)cc21. The molecule has 0 radical (unpaired) electrons. The van der Waals surface area contributed by atoms with Gasteiger partial charge in [0.05, 0.1) is 5.57 Å². The van der Waals surface area contributed by atoms with Crippen molar-refractivity contribution in [3.05, 3.63) is 64.5 Å². The molecule has 5 heteroatoms. The Morgan fingerprint density at radius 1 is 1.11 bits per heavy atom. The Kier molecular flexibility index (Phi) is 4.70. The molecule has 2 aliphatic rings. The zero-order chi connectivity index (χ0) is 19.0. The lowest BCUT2D eigenvalue weighted by molar-refractivity contribution is -0.110. The van der Waals surface area contributed by atoms with E-state index in [1.165, 1.54) is 17.7 Å². The Hall–Kier alpha value is -2.66. The number of rotatable bonds is 5. The normalized spacial score (nSPS) is 17.7. The van der Waals surface area contributed by atoms with Gasteiger partial charge in [-0.15, -0.1) is 0 Å². The van der Waals surface area contributed by atoms with Crippen molar-refractivity contribution in [2.45, 2.75) is 26.9 Å². The maximum Gasteiger partial charge on any atom is 0.260 e. The monoisotopic (exact) mass is 366 g/mol. The van der Waals surface area contributed by atoms with E-state index in [9.17, 15) is 9.18 Å². The summed E-state index contributed by atoms with van der Waals surface area (Å²) in [6.07, 6.45) is 0.982. The molecule has 2 aromatic rings. The van der Waals surface area contributed by atoms with E-state index in [1.54, 1.807) is 6.07 Å². The summed E-state index contributed by atoms with van der Waals surface area (Å²) in [4.78, 5) is 14.9. The fraction of sp³-hybridized carbons (Fsp3) is 0.318. The molecule has 0 unspecified atom stereocenters. The van der Waals surface area contributed by atoms with Gasteiger partial charge in [0.1, 0.15) is 18.2 Å². The molecule has 0 saturated carbocycles. The molecule has 1 N–H and O–H groups in total. The maximum atomic E-state index is 13.7. The van der Waals surface area contributed by atoms with Crippen molar-refractivity contribution >= 4 is 22.9 Å². The summed E-state index contributed by atoms with van der Waals surface area (Å²) in [5.74, 6) is -0.0699. The number of nitrogens with zero attached hydrogens (tertiary/aromatic N) is 1. The molecule has 0 spiro atoms. The average Bonchev–Trinajstić information content (AvgIpc) is 3.21. The molecule has 1 amide bonds. The zero-order valence-corrected chi connectivity index (χ0v) is 15.6. The molecule has 0 fully saturated rings. The fourth-order valence-corrected chi connectivity index (χ4v) is 3.77. The first-order valence-electron chi connectivity index (χ1n) is 9.43. The van der Waals surface area contributed by atoms with Crippen molar-refractivity contribution in [3.8, 4) is 0 Å². The van der Waals surface area contributed by atoms with Crippen LogP contribution in [0.2, 0.25) is 0 Å². The van der Waals surface area contributed by atoms with Crippen LogP contribution in [0.3, 0.4) is 0 Å². The highest BCUT2D eigenvalue weighted by atomic mass is 19.1. The topological polar surface area (TPSA) is 41.6 Å². The molecule has 0 aliphatic carbocycles. The van der Waals surface area contributed by atoms with Gasteiger partial charge in [-0.25, -0.2) is 4.39 Å². The molecule has 0 saturated heterocycles. The van der Waals surface area contributed by atoms with Crippen LogP contribution in [-0.2, 0) is 22.6 Å². The predicted octanol–water partition coefficient (Wildman–Crippen LogP) is 4.06. The van der Waals surface area contributed by atoms with Gasteiger partial charge in [-0.3, -0.25) is 4.79 Å². The van der Waals surface area contributed by atoms with Crippen LogP contribution in [0.25, 0.3) is 11.3 Å². The Bertz CT molecular complexity index is 932. The summed E-state index contributed by atoms with van der Waals surface area (Å²) >= 11 is 0. The van der Waals surface area contributed by atoms with Gasteiger partial charge in [0.2, 0.25) is 0 Å². The third-order valence-corrected chi connectivity index (χ3v) is 5.35. The summed E-state index contributed by atoms with van der Waals surface area (Å²) in [7, 11) is 0. The minimum atomic E-state index is -0.367. The number of halogens is 1. The number of hydrogen-bond acceptors (Lipinski definition) is 3. The lowest BCUT2D eigenvalue weighted by Gasteiger charge is -2.17. The smallest absolute Gasteiger partial charge is 0.260 e. The lowest BCUT2D eigenvalue weighted by Crippen LogP contribution is -2.25.